The highest BCUT2D eigenvalue weighted by Crippen LogP contribution is 2.40. The van der Waals surface area contributed by atoms with E-state index in [-0.39, 0.29) is 5.54 Å². The van der Waals surface area contributed by atoms with Gasteiger partial charge in [0.2, 0.25) is 0 Å². The Morgan fingerprint density at radius 1 is 1.00 bits per heavy atom. The Kier molecular flexibility index (Phi) is 4.27. The molecule has 0 saturated heterocycles. The minimum atomic E-state index is -0.105. The fourth-order valence-corrected chi connectivity index (χ4v) is 3.31. The number of anilines is 1. The summed E-state index contributed by atoms with van der Waals surface area (Å²) >= 11 is 6.84. The second-order valence-corrected chi connectivity index (χ2v) is 7.74. The molecule has 0 atom stereocenters. The van der Waals surface area contributed by atoms with Crippen LogP contribution in [0.15, 0.2) is 42.5 Å². The lowest BCUT2D eigenvalue weighted by Crippen LogP contribution is -2.27. The highest BCUT2D eigenvalue weighted by atomic mass is 35.5. The van der Waals surface area contributed by atoms with Crippen LogP contribution in [0, 0.1) is 13.8 Å². The molecule has 3 heteroatoms. The molecule has 0 saturated carbocycles. The molecule has 0 amide bonds. The minimum absolute atomic E-state index is 0.105. The van der Waals surface area contributed by atoms with Crippen LogP contribution in [0.2, 0.25) is 5.02 Å². The van der Waals surface area contributed by atoms with Gasteiger partial charge in [0.1, 0.15) is 5.82 Å². The number of halogens is 1. The van der Waals surface area contributed by atoms with Crippen molar-refractivity contribution in [2.45, 2.75) is 40.2 Å². The normalized spacial score (nSPS) is 11.8. The number of para-hydroxylation sites is 1. The molecule has 2 nitrogen and oxygen atoms in total. The summed E-state index contributed by atoms with van der Waals surface area (Å²) in [4.78, 5) is 4.87. The number of pyridine rings is 1. The van der Waals surface area contributed by atoms with Gasteiger partial charge in [0.25, 0.3) is 0 Å². The monoisotopic (exact) mass is 338 g/mol. The first-order chi connectivity index (χ1) is 11.3. The molecule has 124 valence electrons. The number of fused-ring (bicyclic) bond motifs is 1. The lowest BCUT2D eigenvalue weighted by atomic mass is 9.97. The van der Waals surface area contributed by atoms with E-state index >= 15 is 0 Å². The smallest absolute Gasteiger partial charge is 0.136 e. The van der Waals surface area contributed by atoms with Gasteiger partial charge in [-0.05, 0) is 51.8 Å². The summed E-state index contributed by atoms with van der Waals surface area (Å²) in [7, 11) is 0. The van der Waals surface area contributed by atoms with E-state index in [4.69, 9.17) is 16.6 Å². The SMILES string of the molecule is Cc1ccc(-c2c(NC(C)(C)C)nc3ccccc3c2Cl)c(C)c1. The summed E-state index contributed by atoms with van der Waals surface area (Å²) in [5, 5.41) is 5.26. The number of aromatic nitrogens is 1. The fourth-order valence-electron chi connectivity index (χ4n) is 2.96. The molecule has 0 aliphatic heterocycles. The van der Waals surface area contributed by atoms with E-state index < -0.39 is 0 Å². The first kappa shape index (κ1) is 16.8. The number of nitrogens with zero attached hydrogens (tertiary/aromatic N) is 1. The van der Waals surface area contributed by atoms with E-state index in [1.807, 2.05) is 24.3 Å². The maximum Gasteiger partial charge on any atom is 0.136 e. The third-order valence-corrected chi connectivity index (χ3v) is 4.37. The molecular formula is C21H23ClN2. The average Bonchev–Trinajstić information content (AvgIpc) is 2.47. The van der Waals surface area contributed by atoms with E-state index in [0.29, 0.717) is 0 Å². The van der Waals surface area contributed by atoms with Crippen LogP contribution in [-0.4, -0.2) is 10.5 Å². The molecule has 1 heterocycles. The van der Waals surface area contributed by atoms with Gasteiger partial charge in [-0.3, -0.25) is 0 Å². The van der Waals surface area contributed by atoms with Gasteiger partial charge in [-0.2, -0.15) is 0 Å². The summed E-state index contributed by atoms with van der Waals surface area (Å²) in [6.45, 7) is 10.6. The molecule has 1 N–H and O–H groups in total. The van der Waals surface area contributed by atoms with E-state index in [0.717, 1.165) is 32.9 Å². The number of aryl methyl sites for hydroxylation is 2. The lowest BCUT2D eigenvalue weighted by molar-refractivity contribution is 0.631. The number of benzene rings is 2. The maximum atomic E-state index is 6.84. The molecule has 3 rings (SSSR count). The molecule has 0 unspecified atom stereocenters. The van der Waals surface area contributed by atoms with Crippen molar-refractivity contribution in [3.05, 3.63) is 58.6 Å². The molecule has 1 aromatic heterocycles. The Balaban J connectivity index is 2.34. The maximum absolute atomic E-state index is 6.84. The number of rotatable bonds is 2. The quantitative estimate of drug-likeness (QED) is 0.586. The molecule has 0 aliphatic carbocycles. The lowest BCUT2D eigenvalue weighted by Gasteiger charge is -2.25. The van der Waals surface area contributed by atoms with Gasteiger partial charge in [0, 0.05) is 16.5 Å². The van der Waals surface area contributed by atoms with Crippen LogP contribution in [0.1, 0.15) is 31.9 Å². The summed E-state index contributed by atoms with van der Waals surface area (Å²) in [6.07, 6.45) is 0. The third-order valence-electron chi connectivity index (χ3n) is 3.97. The predicted molar refractivity (Wildman–Crippen MR) is 105 cm³/mol. The Labute approximate surface area is 148 Å². The Bertz CT molecular complexity index is 908. The molecule has 24 heavy (non-hydrogen) atoms. The van der Waals surface area contributed by atoms with Gasteiger partial charge in [-0.1, -0.05) is 53.6 Å². The molecule has 2 aromatic carbocycles. The van der Waals surface area contributed by atoms with Gasteiger partial charge < -0.3 is 5.32 Å². The summed E-state index contributed by atoms with van der Waals surface area (Å²) in [5.74, 6) is 0.832. The zero-order valence-corrected chi connectivity index (χ0v) is 15.6. The molecular weight excluding hydrogens is 316 g/mol. The van der Waals surface area contributed by atoms with Crippen molar-refractivity contribution in [3.63, 3.8) is 0 Å². The molecule has 0 fully saturated rings. The van der Waals surface area contributed by atoms with Crippen molar-refractivity contribution >= 4 is 28.3 Å². The second-order valence-electron chi connectivity index (χ2n) is 7.36. The minimum Gasteiger partial charge on any atom is -0.365 e. The summed E-state index contributed by atoms with van der Waals surface area (Å²) in [5.41, 5.74) is 5.34. The summed E-state index contributed by atoms with van der Waals surface area (Å²) in [6, 6.07) is 14.5. The van der Waals surface area contributed by atoms with Crippen LogP contribution >= 0.6 is 11.6 Å². The van der Waals surface area contributed by atoms with Crippen LogP contribution in [0.25, 0.3) is 22.0 Å². The Morgan fingerprint density at radius 3 is 2.38 bits per heavy atom. The molecule has 0 bridgehead atoms. The topological polar surface area (TPSA) is 24.9 Å². The summed E-state index contributed by atoms with van der Waals surface area (Å²) < 4.78 is 0. The third kappa shape index (κ3) is 3.25. The van der Waals surface area contributed by atoms with E-state index in [9.17, 15) is 0 Å². The van der Waals surface area contributed by atoms with Crippen molar-refractivity contribution < 1.29 is 0 Å². The van der Waals surface area contributed by atoms with Crippen LogP contribution in [0.5, 0.6) is 0 Å². The molecule has 0 radical (unpaired) electrons. The molecule has 3 aromatic rings. The number of hydrogen-bond acceptors (Lipinski definition) is 2. The van der Waals surface area contributed by atoms with E-state index in [1.54, 1.807) is 0 Å². The van der Waals surface area contributed by atoms with Crippen LogP contribution < -0.4 is 5.32 Å². The van der Waals surface area contributed by atoms with Gasteiger partial charge in [-0.15, -0.1) is 0 Å². The zero-order chi connectivity index (χ0) is 17.5. The predicted octanol–water partition coefficient (Wildman–Crippen LogP) is 6.38. The van der Waals surface area contributed by atoms with Crippen molar-refractivity contribution in [2.75, 3.05) is 5.32 Å². The largest absolute Gasteiger partial charge is 0.365 e. The van der Waals surface area contributed by atoms with Gasteiger partial charge in [0.15, 0.2) is 0 Å². The second kappa shape index (κ2) is 6.10. The van der Waals surface area contributed by atoms with Crippen LogP contribution in [0.3, 0.4) is 0 Å². The fraction of sp³-hybridized carbons (Fsp3) is 0.286. The standard InChI is InChI=1S/C21H23ClN2/c1-13-10-11-15(14(2)12-13)18-19(22)16-8-6-7-9-17(16)23-20(18)24-21(3,4)5/h6-12H,1-5H3,(H,23,24). The van der Waals surface area contributed by atoms with Crippen molar-refractivity contribution in [2.24, 2.45) is 0 Å². The van der Waals surface area contributed by atoms with Crippen molar-refractivity contribution in [1.29, 1.82) is 0 Å². The van der Waals surface area contributed by atoms with Crippen molar-refractivity contribution in [3.8, 4) is 11.1 Å². The molecule has 0 spiro atoms. The average molecular weight is 339 g/mol. The highest BCUT2D eigenvalue weighted by molar-refractivity contribution is 6.38. The van der Waals surface area contributed by atoms with Crippen LogP contribution in [-0.2, 0) is 0 Å². The van der Waals surface area contributed by atoms with Gasteiger partial charge in [-0.25, -0.2) is 4.98 Å². The van der Waals surface area contributed by atoms with Crippen LogP contribution in [0.4, 0.5) is 5.82 Å². The van der Waals surface area contributed by atoms with Gasteiger partial charge in [0.05, 0.1) is 10.5 Å². The molecule has 0 aliphatic rings. The van der Waals surface area contributed by atoms with Crippen molar-refractivity contribution in [1.82, 2.24) is 4.98 Å². The first-order valence-electron chi connectivity index (χ1n) is 8.20. The van der Waals surface area contributed by atoms with Gasteiger partial charge >= 0.3 is 0 Å². The number of nitrogens with one attached hydrogen (secondary N) is 1. The Hall–Kier alpha value is -2.06. The van der Waals surface area contributed by atoms with E-state index in [2.05, 4.69) is 58.1 Å². The first-order valence-corrected chi connectivity index (χ1v) is 8.58. The Morgan fingerprint density at radius 2 is 1.71 bits per heavy atom. The zero-order valence-electron chi connectivity index (χ0n) is 14.9. The van der Waals surface area contributed by atoms with E-state index in [1.165, 1.54) is 11.1 Å². The number of hydrogen-bond donors (Lipinski definition) is 1. The highest BCUT2D eigenvalue weighted by Gasteiger charge is 2.20.